The number of oxime groups is 1. The summed E-state index contributed by atoms with van der Waals surface area (Å²) >= 11 is 0. The molecule has 2 aromatic carbocycles. The quantitative estimate of drug-likeness (QED) is 0.224. The van der Waals surface area contributed by atoms with E-state index in [1.165, 1.54) is 30.3 Å². The minimum absolute atomic E-state index is 0.101. The Kier molecular flexibility index (Phi) is 6.48. The number of hydrogen-bond acceptors (Lipinski definition) is 4. The van der Waals surface area contributed by atoms with Crippen molar-refractivity contribution in [3.63, 3.8) is 0 Å². The molecule has 0 aliphatic carbocycles. The maximum atomic E-state index is 10.5. The lowest BCUT2D eigenvalue weighted by atomic mass is 10.1. The van der Waals surface area contributed by atoms with Crippen LogP contribution in [0.2, 0.25) is 0 Å². The lowest BCUT2D eigenvalue weighted by molar-refractivity contribution is 0.0686. The smallest absolute Gasteiger partial charge is 0.335 e. The molecule has 122 valence electrons. The summed E-state index contributed by atoms with van der Waals surface area (Å²) in [6.07, 6.45) is 0. The van der Waals surface area contributed by atoms with Crippen molar-refractivity contribution in [1.29, 1.82) is 0 Å². The van der Waals surface area contributed by atoms with Gasteiger partial charge >= 0.3 is 11.9 Å². The molecule has 0 aliphatic heterocycles. The van der Waals surface area contributed by atoms with Gasteiger partial charge in [0.2, 0.25) is 0 Å². The van der Waals surface area contributed by atoms with Crippen molar-refractivity contribution >= 4 is 23.5 Å². The highest BCUT2D eigenvalue weighted by molar-refractivity contribution is 5.99. The van der Waals surface area contributed by atoms with E-state index in [0.717, 1.165) is 0 Å². The molecule has 0 saturated heterocycles. The topological polar surface area (TPSA) is 138 Å². The molecule has 0 atom stereocenters. The van der Waals surface area contributed by atoms with Crippen LogP contribution in [0.15, 0.2) is 53.7 Å². The first-order valence-electron chi connectivity index (χ1n) is 6.41. The molecule has 0 saturated carbocycles. The standard InChI is InChI=1S/C8H8N2O3.C8H5NO2/c9-7(10-13)5-2-1-3-6(4-5)8(11)12;1-9-7-4-2-3-6(5-7)8(10)11/h1-4,13H,(H2,9,10)(H,11,12);2-5H,(H,10,11). The number of carboxylic acid groups (broad SMARTS) is 2. The summed E-state index contributed by atoms with van der Waals surface area (Å²) in [6.45, 7) is 6.61. The molecule has 0 aliphatic rings. The van der Waals surface area contributed by atoms with Crippen LogP contribution >= 0.6 is 0 Å². The van der Waals surface area contributed by atoms with Crippen molar-refractivity contribution in [2.45, 2.75) is 0 Å². The Morgan fingerprint density at radius 1 is 0.958 bits per heavy atom. The van der Waals surface area contributed by atoms with Crippen LogP contribution in [0.4, 0.5) is 5.69 Å². The van der Waals surface area contributed by atoms with Crippen molar-refractivity contribution in [2.24, 2.45) is 10.9 Å². The van der Waals surface area contributed by atoms with Crippen LogP contribution in [0.5, 0.6) is 0 Å². The normalized spacial score (nSPS) is 10.0. The van der Waals surface area contributed by atoms with E-state index in [1.807, 2.05) is 0 Å². The number of nitrogens with two attached hydrogens (primary N) is 1. The van der Waals surface area contributed by atoms with E-state index in [-0.39, 0.29) is 17.0 Å². The van der Waals surface area contributed by atoms with E-state index in [0.29, 0.717) is 11.3 Å². The minimum Gasteiger partial charge on any atom is -0.478 e. The molecule has 8 nitrogen and oxygen atoms in total. The van der Waals surface area contributed by atoms with Gasteiger partial charge in [0, 0.05) is 11.1 Å². The molecule has 5 N–H and O–H groups in total. The number of carboxylic acids is 2. The average molecular weight is 327 g/mol. The summed E-state index contributed by atoms with van der Waals surface area (Å²) in [4.78, 5) is 24.0. The van der Waals surface area contributed by atoms with Gasteiger partial charge in [-0.15, -0.1) is 0 Å². The maximum absolute atomic E-state index is 10.5. The summed E-state index contributed by atoms with van der Waals surface area (Å²) in [5.41, 5.74) is 6.25. The van der Waals surface area contributed by atoms with E-state index in [2.05, 4.69) is 10.0 Å². The van der Waals surface area contributed by atoms with Gasteiger partial charge in [0.15, 0.2) is 11.5 Å². The molecule has 0 heterocycles. The third kappa shape index (κ3) is 5.16. The Morgan fingerprint density at radius 3 is 1.96 bits per heavy atom. The van der Waals surface area contributed by atoms with Crippen LogP contribution in [0.1, 0.15) is 26.3 Å². The van der Waals surface area contributed by atoms with E-state index in [4.69, 9.17) is 27.7 Å². The molecule has 0 unspecified atom stereocenters. The van der Waals surface area contributed by atoms with Gasteiger partial charge in [-0.3, -0.25) is 0 Å². The zero-order valence-electron chi connectivity index (χ0n) is 12.2. The second-order valence-corrected chi connectivity index (χ2v) is 4.34. The van der Waals surface area contributed by atoms with Crippen LogP contribution in [0.3, 0.4) is 0 Å². The Balaban J connectivity index is 0.000000243. The summed E-state index contributed by atoms with van der Waals surface area (Å²) in [5.74, 6) is -2.16. The van der Waals surface area contributed by atoms with Crippen molar-refractivity contribution in [3.8, 4) is 0 Å². The summed E-state index contributed by atoms with van der Waals surface area (Å²) < 4.78 is 0. The van der Waals surface area contributed by atoms with Crippen LogP contribution in [0.25, 0.3) is 4.85 Å². The molecule has 0 radical (unpaired) electrons. The Labute approximate surface area is 136 Å². The summed E-state index contributed by atoms with van der Waals surface area (Å²) in [6, 6.07) is 11.8. The number of hydrogen-bond donors (Lipinski definition) is 4. The number of amidine groups is 1. The molecular formula is C16H13N3O5. The molecule has 0 aromatic heterocycles. The first-order valence-corrected chi connectivity index (χ1v) is 6.41. The Morgan fingerprint density at radius 2 is 1.46 bits per heavy atom. The largest absolute Gasteiger partial charge is 0.478 e. The zero-order valence-corrected chi connectivity index (χ0v) is 12.2. The molecule has 0 amide bonds. The third-order valence-electron chi connectivity index (χ3n) is 2.74. The van der Waals surface area contributed by atoms with E-state index in [9.17, 15) is 9.59 Å². The molecule has 8 heteroatoms. The monoisotopic (exact) mass is 327 g/mol. The predicted molar refractivity (Wildman–Crippen MR) is 85.6 cm³/mol. The van der Waals surface area contributed by atoms with Crippen LogP contribution in [0, 0.1) is 6.57 Å². The summed E-state index contributed by atoms with van der Waals surface area (Å²) in [7, 11) is 0. The molecule has 0 spiro atoms. The van der Waals surface area contributed by atoms with Crippen molar-refractivity contribution < 1.29 is 25.0 Å². The molecule has 2 aromatic rings. The van der Waals surface area contributed by atoms with Gasteiger partial charge in [0.1, 0.15) is 0 Å². The SMILES string of the molecule is N/C(=N\O)c1cccc(C(=O)O)c1.[C-]#[N+]c1cccc(C(=O)O)c1. The lowest BCUT2D eigenvalue weighted by Crippen LogP contribution is -2.13. The minimum atomic E-state index is -1.05. The zero-order chi connectivity index (χ0) is 18.1. The first-order chi connectivity index (χ1) is 11.4. The van der Waals surface area contributed by atoms with Gasteiger partial charge in [0.25, 0.3) is 0 Å². The van der Waals surface area contributed by atoms with Crippen molar-refractivity contribution in [2.75, 3.05) is 0 Å². The third-order valence-corrected chi connectivity index (χ3v) is 2.74. The Hall–Kier alpha value is -3.86. The molecule has 24 heavy (non-hydrogen) atoms. The maximum Gasteiger partial charge on any atom is 0.335 e. The van der Waals surface area contributed by atoms with Gasteiger partial charge in [0.05, 0.1) is 12.1 Å². The van der Waals surface area contributed by atoms with Crippen molar-refractivity contribution in [3.05, 3.63) is 76.6 Å². The average Bonchev–Trinajstić information content (AvgIpc) is 2.61. The highest BCUT2D eigenvalue weighted by Gasteiger charge is 2.05. The fraction of sp³-hybridized carbons (Fsp3) is 0. The molecule has 2 rings (SSSR count). The number of nitrogens with zero attached hydrogens (tertiary/aromatic N) is 2. The Bertz CT molecular complexity index is 824. The van der Waals surface area contributed by atoms with Gasteiger partial charge in [-0.1, -0.05) is 35.5 Å². The number of benzene rings is 2. The fourth-order valence-electron chi connectivity index (χ4n) is 1.58. The second-order valence-electron chi connectivity index (χ2n) is 4.34. The van der Waals surface area contributed by atoms with Crippen LogP contribution in [-0.2, 0) is 0 Å². The van der Waals surface area contributed by atoms with E-state index < -0.39 is 11.9 Å². The van der Waals surface area contributed by atoms with Gasteiger partial charge < -0.3 is 21.2 Å². The van der Waals surface area contributed by atoms with Crippen LogP contribution in [-0.4, -0.2) is 33.2 Å². The molecule has 0 bridgehead atoms. The first kappa shape index (κ1) is 18.2. The van der Waals surface area contributed by atoms with Gasteiger partial charge in [-0.25, -0.2) is 14.4 Å². The fourth-order valence-corrected chi connectivity index (χ4v) is 1.58. The highest BCUT2D eigenvalue weighted by atomic mass is 16.4. The molecule has 0 fully saturated rings. The number of aromatic carboxylic acids is 2. The number of carbonyl (C=O) groups is 2. The highest BCUT2D eigenvalue weighted by Crippen LogP contribution is 2.13. The molecular weight excluding hydrogens is 314 g/mol. The predicted octanol–water partition coefficient (Wildman–Crippen LogP) is 2.41. The van der Waals surface area contributed by atoms with E-state index in [1.54, 1.807) is 18.2 Å². The van der Waals surface area contributed by atoms with Gasteiger partial charge in [-0.2, -0.15) is 0 Å². The number of rotatable bonds is 3. The van der Waals surface area contributed by atoms with E-state index >= 15 is 0 Å². The lowest BCUT2D eigenvalue weighted by Gasteiger charge is -1.99. The second kappa shape index (κ2) is 8.55. The van der Waals surface area contributed by atoms with Crippen molar-refractivity contribution in [1.82, 2.24) is 0 Å². The summed E-state index contributed by atoms with van der Waals surface area (Å²) in [5, 5.41) is 28.2. The van der Waals surface area contributed by atoms with Crippen LogP contribution < -0.4 is 5.73 Å². The van der Waals surface area contributed by atoms with Gasteiger partial charge in [-0.05, 0) is 18.2 Å².